The molecule has 2 saturated heterocycles. The normalized spacial score (nSPS) is 28.6. The lowest BCUT2D eigenvalue weighted by atomic mass is 9.93. The maximum absolute atomic E-state index is 15.0. The van der Waals surface area contributed by atoms with Crippen LogP contribution in [0.4, 0.5) is 4.39 Å². The van der Waals surface area contributed by atoms with Gasteiger partial charge in [0.1, 0.15) is 32.0 Å². The maximum Gasteiger partial charge on any atom is 0.214 e. The molecular weight excluding hydrogens is 395 g/mol. The lowest BCUT2D eigenvalue weighted by Gasteiger charge is -2.38. The number of nitrogens with zero attached hydrogens (tertiary/aromatic N) is 4. The lowest BCUT2D eigenvalue weighted by molar-refractivity contribution is -1.03. The molecule has 2 atom stereocenters. The monoisotopic (exact) mass is 430 g/mol. The minimum absolute atomic E-state index is 0.145. The Morgan fingerprint density at radius 2 is 1.84 bits per heavy atom. The van der Waals surface area contributed by atoms with E-state index < -0.39 is 0 Å². The molecule has 0 radical (unpaired) electrons. The largest absolute Gasteiger partial charge is 0.376 e. The van der Waals surface area contributed by atoms with Crippen LogP contribution in [-0.4, -0.2) is 65.1 Å². The van der Waals surface area contributed by atoms with E-state index in [1.165, 1.54) is 37.0 Å². The van der Waals surface area contributed by atoms with Crippen LogP contribution < -0.4 is 9.80 Å². The van der Waals surface area contributed by atoms with Gasteiger partial charge in [-0.15, -0.1) is 5.10 Å². The number of hydrogen-bond acceptors (Lipinski definition) is 4. The number of ether oxygens (including phenoxy) is 1. The molecule has 8 heteroatoms. The second-order valence-electron chi connectivity index (χ2n) is 9.46. The predicted molar refractivity (Wildman–Crippen MR) is 113 cm³/mol. The zero-order chi connectivity index (χ0) is 21.0. The molecule has 3 aliphatic rings. The minimum Gasteiger partial charge on any atom is -0.376 e. The Hall–Kier alpha value is -1.90. The summed E-state index contributed by atoms with van der Waals surface area (Å²) in [5, 5.41) is 12.7. The Balaban J connectivity index is 1.38. The number of rotatable bonds is 6. The summed E-state index contributed by atoms with van der Waals surface area (Å²) in [6.45, 7) is 5.74. The second-order valence-corrected chi connectivity index (χ2v) is 9.46. The Bertz CT molecular complexity index is 840. The van der Waals surface area contributed by atoms with Gasteiger partial charge in [-0.2, -0.15) is 0 Å². The van der Waals surface area contributed by atoms with Gasteiger partial charge >= 0.3 is 0 Å². The van der Waals surface area contributed by atoms with Gasteiger partial charge in [-0.25, -0.2) is 9.07 Å². The van der Waals surface area contributed by atoms with E-state index in [0.29, 0.717) is 12.1 Å². The molecule has 1 aromatic carbocycles. The molecule has 0 amide bonds. The second kappa shape index (κ2) is 9.71. The van der Waals surface area contributed by atoms with E-state index in [-0.39, 0.29) is 18.0 Å². The van der Waals surface area contributed by atoms with Crippen molar-refractivity contribution in [2.75, 3.05) is 32.8 Å². The van der Waals surface area contributed by atoms with E-state index in [9.17, 15) is 4.39 Å². The molecular formula is C23H35FN6O+2. The first kappa shape index (κ1) is 21.0. The molecule has 31 heavy (non-hydrogen) atoms. The van der Waals surface area contributed by atoms with Gasteiger partial charge in [-0.05, 0) is 61.1 Å². The van der Waals surface area contributed by atoms with Crippen molar-refractivity contribution in [3.05, 3.63) is 41.5 Å². The highest BCUT2D eigenvalue weighted by atomic mass is 19.1. The summed E-state index contributed by atoms with van der Waals surface area (Å²) in [5.74, 6) is 0.588. The summed E-state index contributed by atoms with van der Waals surface area (Å²) in [5.41, 5.74) is 0.696. The summed E-state index contributed by atoms with van der Waals surface area (Å²) >= 11 is 0. The highest BCUT2D eigenvalue weighted by Crippen LogP contribution is 2.22. The number of benzene rings is 1. The number of halogens is 1. The highest BCUT2D eigenvalue weighted by Gasteiger charge is 2.39. The summed E-state index contributed by atoms with van der Waals surface area (Å²) in [6.07, 6.45) is 9.12. The molecule has 5 rings (SSSR count). The van der Waals surface area contributed by atoms with Crippen LogP contribution in [0.3, 0.4) is 0 Å². The number of tetrazole rings is 1. The average Bonchev–Trinajstić information content (AvgIpc) is 3.49. The summed E-state index contributed by atoms with van der Waals surface area (Å²) in [6, 6.07) is 7.75. The number of aromatic nitrogens is 4. The van der Waals surface area contributed by atoms with E-state index in [1.807, 2.05) is 16.8 Å². The van der Waals surface area contributed by atoms with Gasteiger partial charge in [-0.3, -0.25) is 0 Å². The van der Waals surface area contributed by atoms with Crippen LogP contribution in [0.5, 0.6) is 0 Å². The molecule has 0 unspecified atom stereocenters. The Labute approximate surface area is 183 Å². The summed E-state index contributed by atoms with van der Waals surface area (Å²) in [7, 11) is 0. The number of nitrogens with one attached hydrogen (secondary N) is 2. The summed E-state index contributed by atoms with van der Waals surface area (Å²) < 4.78 is 22.6. The molecule has 2 aliphatic heterocycles. The fourth-order valence-electron chi connectivity index (χ4n) is 5.88. The van der Waals surface area contributed by atoms with Crippen LogP contribution in [0.15, 0.2) is 24.3 Å². The van der Waals surface area contributed by atoms with Gasteiger partial charge in [0, 0.05) is 6.61 Å². The van der Waals surface area contributed by atoms with E-state index >= 15 is 0 Å². The van der Waals surface area contributed by atoms with Crippen LogP contribution >= 0.6 is 0 Å². The topological polar surface area (TPSA) is 61.7 Å². The molecule has 3 fully saturated rings. The first-order valence-corrected chi connectivity index (χ1v) is 12.1. The van der Waals surface area contributed by atoms with Gasteiger partial charge in [0.2, 0.25) is 5.82 Å². The third-order valence-corrected chi connectivity index (χ3v) is 7.56. The van der Waals surface area contributed by atoms with Gasteiger partial charge in [-0.1, -0.05) is 18.6 Å². The zero-order valence-electron chi connectivity index (χ0n) is 18.3. The number of quaternary nitrogens is 2. The van der Waals surface area contributed by atoms with Crippen LogP contribution in [-0.2, 0) is 11.3 Å². The van der Waals surface area contributed by atoms with Crippen molar-refractivity contribution in [3.63, 3.8) is 0 Å². The highest BCUT2D eigenvalue weighted by molar-refractivity contribution is 5.24. The zero-order valence-corrected chi connectivity index (χ0v) is 18.3. The van der Waals surface area contributed by atoms with Crippen molar-refractivity contribution in [2.45, 2.75) is 69.7 Å². The lowest BCUT2D eigenvalue weighted by Crippen LogP contribution is -3.29. The summed E-state index contributed by atoms with van der Waals surface area (Å²) in [4.78, 5) is 3.11. The molecule has 0 bridgehead atoms. The van der Waals surface area contributed by atoms with E-state index in [4.69, 9.17) is 4.74 Å². The van der Waals surface area contributed by atoms with Crippen molar-refractivity contribution in [1.82, 2.24) is 20.2 Å². The van der Waals surface area contributed by atoms with Gasteiger partial charge in [0.15, 0.2) is 6.04 Å². The van der Waals surface area contributed by atoms with E-state index in [1.54, 1.807) is 17.0 Å². The van der Waals surface area contributed by atoms with Crippen LogP contribution in [0.2, 0.25) is 0 Å². The third-order valence-electron chi connectivity index (χ3n) is 7.56. The van der Waals surface area contributed by atoms with Crippen molar-refractivity contribution in [3.8, 4) is 0 Å². The third kappa shape index (κ3) is 4.66. The fourth-order valence-corrected chi connectivity index (χ4v) is 5.88. The van der Waals surface area contributed by atoms with Gasteiger partial charge in [0.25, 0.3) is 0 Å². The van der Waals surface area contributed by atoms with E-state index in [2.05, 4.69) is 15.5 Å². The Morgan fingerprint density at radius 1 is 1.03 bits per heavy atom. The van der Waals surface area contributed by atoms with Crippen LogP contribution in [0.25, 0.3) is 0 Å². The average molecular weight is 431 g/mol. The fraction of sp³-hybridized carbons (Fsp3) is 0.696. The first-order valence-electron chi connectivity index (χ1n) is 12.1. The minimum atomic E-state index is -0.189. The van der Waals surface area contributed by atoms with Crippen LogP contribution in [0, 0.1) is 5.82 Å². The quantitative estimate of drug-likeness (QED) is 0.687. The standard InChI is InChI=1S/C23H33FN6O/c24-21-11-5-4-10-20(21)22(23-25-26-27-30(23)17-19-9-6-16-31-19)29-14-12-28(13-15-29)18-7-2-1-3-8-18/h4-5,10-11,18-19,22H,1-3,6-9,12-17H2/p+2/t19-,22+/m1/s1. The first-order chi connectivity index (χ1) is 15.3. The van der Waals surface area contributed by atoms with Crippen molar-refractivity contribution < 1.29 is 18.9 Å². The number of piperazine rings is 1. The van der Waals surface area contributed by atoms with E-state index in [0.717, 1.165) is 57.5 Å². The maximum atomic E-state index is 15.0. The van der Waals surface area contributed by atoms with Crippen molar-refractivity contribution in [2.24, 2.45) is 0 Å². The van der Waals surface area contributed by atoms with Gasteiger partial charge < -0.3 is 14.5 Å². The smallest absolute Gasteiger partial charge is 0.214 e. The molecule has 168 valence electrons. The Kier molecular flexibility index (Phi) is 6.57. The Morgan fingerprint density at radius 3 is 2.58 bits per heavy atom. The van der Waals surface area contributed by atoms with Crippen molar-refractivity contribution in [1.29, 1.82) is 0 Å². The van der Waals surface area contributed by atoms with Crippen LogP contribution in [0.1, 0.15) is 62.4 Å². The molecule has 0 spiro atoms. The van der Waals surface area contributed by atoms with Gasteiger partial charge in [0.05, 0.1) is 24.3 Å². The van der Waals surface area contributed by atoms with Crippen molar-refractivity contribution >= 4 is 0 Å². The molecule has 2 aromatic rings. The molecule has 7 nitrogen and oxygen atoms in total. The predicted octanol–water partition coefficient (Wildman–Crippen LogP) is 0.197. The number of hydrogen-bond donors (Lipinski definition) is 2. The molecule has 1 aliphatic carbocycles. The molecule has 2 N–H and O–H groups in total. The molecule has 1 saturated carbocycles. The SMILES string of the molecule is Fc1ccccc1[C@@H](c1nnnn1C[C@H]1CCCO1)[NH+]1CC[NH+](C2CCCCC2)CC1. The molecule has 1 aromatic heterocycles. The molecule has 3 heterocycles.